The number of hydrogen-bond acceptors (Lipinski definition) is 5. The number of amides is 1. The van der Waals surface area contributed by atoms with E-state index < -0.39 is 0 Å². The van der Waals surface area contributed by atoms with Gasteiger partial charge in [0, 0.05) is 67.5 Å². The number of nitrogens with zero attached hydrogens (tertiary/aromatic N) is 5. The van der Waals surface area contributed by atoms with Crippen molar-refractivity contribution in [1.82, 2.24) is 29.9 Å². The van der Waals surface area contributed by atoms with Crippen molar-refractivity contribution in [3.8, 4) is 11.3 Å². The molecule has 1 atom stereocenters. The Morgan fingerprint density at radius 2 is 2.03 bits per heavy atom. The average molecular weight is 485 g/mol. The number of fused-ring (bicyclic) bond motifs is 1. The summed E-state index contributed by atoms with van der Waals surface area (Å²) < 4.78 is 2.03. The molecule has 3 aliphatic rings. The Bertz CT molecular complexity index is 1210. The third-order valence-electron chi connectivity index (χ3n) is 8.22. The predicted molar refractivity (Wildman–Crippen MR) is 141 cm³/mol. The van der Waals surface area contributed by atoms with Gasteiger partial charge in [0.25, 0.3) is 5.91 Å². The van der Waals surface area contributed by atoms with Gasteiger partial charge in [-0.15, -0.1) is 0 Å². The first-order chi connectivity index (χ1) is 17.7. The second-order valence-electron chi connectivity index (χ2n) is 10.5. The van der Waals surface area contributed by atoms with Gasteiger partial charge in [0.15, 0.2) is 0 Å². The normalized spacial score (nSPS) is 21.2. The number of aryl methyl sites for hydroxylation is 1. The van der Waals surface area contributed by atoms with E-state index in [4.69, 9.17) is 5.10 Å². The Hall–Kier alpha value is -3.03. The highest BCUT2D eigenvalue weighted by Crippen LogP contribution is 2.34. The van der Waals surface area contributed by atoms with Crippen LogP contribution in [-0.4, -0.2) is 62.7 Å². The van der Waals surface area contributed by atoms with Crippen LogP contribution < -0.4 is 5.32 Å². The second kappa shape index (κ2) is 10.1. The van der Waals surface area contributed by atoms with Gasteiger partial charge in [-0.1, -0.05) is 12.1 Å². The van der Waals surface area contributed by atoms with E-state index in [1.54, 1.807) is 0 Å². The fourth-order valence-corrected chi connectivity index (χ4v) is 6.16. The van der Waals surface area contributed by atoms with Crippen molar-refractivity contribution in [1.29, 1.82) is 0 Å². The van der Waals surface area contributed by atoms with Crippen LogP contribution in [-0.2, 0) is 19.6 Å². The summed E-state index contributed by atoms with van der Waals surface area (Å²) in [5, 5.41) is 8.27. The molecule has 2 fully saturated rings. The quantitative estimate of drug-likeness (QED) is 0.572. The van der Waals surface area contributed by atoms with Gasteiger partial charge < -0.3 is 10.2 Å². The minimum Gasteiger partial charge on any atom is -0.330 e. The molecular formula is C29H36N6O. The van der Waals surface area contributed by atoms with Crippen LogP contribution >= 0.6 is 0 Å². The fraction of sp³-hybridized carbons (Fsp3) is 0.483. The van der Waals surface area contributed by atoms with Gasteiger partial charge >= 0.3 is 0 Å². The largest absolute Gasteiger partial charge is 0.330 e. The number of benzene rings is 1. The van der Waals surface area contributed by atoms with Crippen LogP contribution in [0.1, 0.15) is 65.6 Å². The predicted octanol–water partition coefficient (Wildman–Crippen LogP) is 4.05. The van der Waals surface area contributed by atoms with Crippen LogP contribution in [0.4, 0.5) is 0 Å². The van der Waals surface area contributed by atoms with Crippen molar-refractivity contribution in [3.05, 3.63) is 71.2 Å². The molecule has 188 valence electrons. The van der Waals surface area contributed by atoms with Crippen molar-refractivity contribution in [3.63, 3.8) is 0 Å². The van der Waals surface area contributed by atoms with E-state index in [0.717, 1.165) is 88.3 Å². The third kappa shape index (κ3) is 4.58. The molecule has 2 saturated heterocycles. The Labute approximate surface area is 213 Å². The molecule has 0 radical (unpaired) electrons. The molecule has 1 N–H and O–H groups in total. The number of nitrogens with one attached hydrogen (secondary N) is 1. The molecule has 7 nitrogen and oxygen atoms in total. The number of piperidine rings is 2. The van der Waals surface area contributed by atoms with E-state index in [2.05, 4.69) is 57.5 Å². The molecule has 0 spiro atoms. The van der Waals surface area contributed by atoms with Crippen LogP contribution in [0.5, 0.6) is 0 Å². The van der Waals surface area contributed by atoms with Gasteiger partial charge in [-0.25, -0.2) is 0 Å². The highest BCUT2D eigenvalue weighted by atomic mass is 16.2. The Morgan fingerprint density at radius 3 is 2.78 bits per heavy atom. The van der Waals surface area contributed by atoms with Crippen molar-refractivity contribution >= 4 is 5.91 Å². The maximum Gasteiger partial charge on any atom is 0.254 e. The van der Waals surface area contributed by atoms with Crippen LogP contribution in [0.3, 0.4) is 0 Å². The first-order valence-corrected chi connectivity index (χ1v) is 13.5. The molecule has 7 heteroatoms. The van der Waals surface area contributed by atoms with Gasteiger partial charge in [-0.2, -0.15) is 5.10 Å². The summed E-state index contributed by atoms with van der Waals surface area (Å²) in [6.45, 7) is 8.82. The van der Waals surface area contributed by atoms with Crippen molar-refractivity contribution in [2.75, 3.05) is 26.2 Å². The molecule has 1 unspecified atom stereocenters. The standard InChI is InChI=1S/C29H36N6O/c1-2-34-19-25(28(32-34)23-5-3-11-30-16-23)18-33-13-9-21(10-14-33)22-7-8-27-24(15-22)20-35(29(27)36)26-6-4-12-31-17-26/h3,5,7-8,11,15-16,19,21,26,31H,2,4,6,9-10,12-14,17-18,20H2,1H3. The van der Waals surface area contributed by atoms with E-state index in [1.165, 1.54) is 16.7 Å². The highest BCUT2D eigenvalue weighted by molar-refractivity contribution is 5.98. The first kappa shape index (κ1) is 23.4. The smallest absolute Gasteiger partial charge is 0.254 e. The molecule has 3 aliphatic heterocycles. The number of pyridine rings is 1. The van der Waals surface area contributed by atoms with Crippen LogP contribution in [0, 0.1) is 0 Å². The summed E-state index contributed by atoms with van der Waals surface area (Å²) >= 11 is 0. The topological polar surface area (TPSA) is 66.3 Å². The van der Waals surface area contributed by atoms with Crippen LogP contribution in [0.15, 0.2) is 48.9 Å². The zero-order valence-corrected chi connectivity index (χ0v) is 21.2. The van der Waals surface area contributed by atoms with E-state index in [0.29, 0.717) is 12.0 Å². The highest BCUT2D eigenvalue weighted by Gasteiger charge is 2.34. The number of rotatable bonds is 6. The molecule has 2 aromatic heterocycles. The number of carbonyl (C=O) groups excluding carboxylic acids is 1. The number of likely N-dealkylation sites (tertiary alicyclic amines) is 1. The molecule has 5 heterocycles. The second-order valence-corrected chi connectivity index (χ2v) is 10.5. The van der Waals surface area contributed by atoms with E-state index in [9.17, 15) is 4.79 Å². The zero-order valence-electron chi connectivity index (χ0n) is 21.2. The summed E-state index contributed by atoms with van der Waals surface area (Å²) in [5.41, 5.74) is 6.95. The molecule has 0 saturated carbocycles. The van der Waals surface area contributed by atoms with E-state index >= 15 is 0 Å². The molecule has 0 aliphatic carbocycles. The Kier molecular flexibility index (Phi) is 6.59. The molecule has 3 aromatic rings. The van der Waals surface area contributed by atoms with E-state index in [-0.39, 0.29) is 5.91 Å². The monoisotopic (exact) mass is 484 g/mol. The summed E-state index contributed by atoms with van der Waals surface area (Å²) in [6, 6.07) is 11.0. The summed E-state index contributed by atoms with van der Waals surface area (Å²) in [6.07, 6.45) is 10.5. The minimum absolute atomic E-state index is 0.220. The van der Waals surface area contributed by atoms with Crippen molar-refractivity contribution < 1.29 is 4.79 Å². The van der Waals surface area contributed by atoms with Gasteiger partial charge in [-0.05, 0) is 87.5 Å². The molecule has 36 heavy (non-hydrogen) atoms. The van der Waals surface area contributed by atoms with Crippen LogP contribution in [0.25, 0.3) is 11.3 Å². The fourth-order valence-electron chi connectivity index (χ4n) is 6.16. The van der Waals surface area contributed by atoms with Gasteiger partial charge in [0.1, 0.15) is 0 Å². The van der Waals surface area contributed by atoms with Crippen LogP contribution in [0.2, 0.25) is 0 Å². The maximum atomic E-state index is 13.0. The lowest BCUT2D eigenvalue weighted by Crippen LogP contribution is -2.46. The first-order valence-electron chi connectivity index (χ1n) is 13.5. The number of carbonyl (C=O) groups is 1. The van der Waals surface area contributed by atoms with Gasteiger partial charge in [-0.3, -0.25) is 19.4 Å². The summed E-state index contributed by atoms with van der Waals surface area (Å²) in [7, 11) is 0. The minimum atomic E-state index is 0.220. The van der Waals surface area contributed by atoms with Crippen molar-refractivity contribution in [2.24, 2.45) is 0 Å². The molecule has 1 aromatic carbocycles. The average Bonchev–Trinajstić information content (AvgIpc) is 3.50. The maximum absolute atomic E-state index is 13.0. The molecule has 0 bridgehead atoms. The Balaban J connectivity index is 1.11. The number of hydrogen-bond donors (Lipinski definition) is 1. The molecule has 6 rings (SSSR count). The summed E-state index contributed by atoms with van der Waals surface area (Å²) in [5.74, 6) is 0.778. The lowest BCUT2D eigenvalue weighted by atomic mass is 9.87. The molecule has 1 amide bonds. The SMILES string of the molecule is CCn1cc(CN2CCC(c3ccc4c(c3)CN(C3CCCNC3)C4=O)CC2)c(-c2cccnc2)n1. The third-order valence-corrected chi connectivity index (χ3v) is 8.22. The van der Waals surface area contributed by atoms with Gasteiger partial charge in [0.05, 0.1) is 5.69 Å². The lowest BCUT2D eigenvalue weighted by Gasteiger charge is -2.32. The summed E-state index contributed by atoms with van der Waals surface area (Å²) in [4.78, 5) is 22.0. The molecular weight excluding hydrogens is 448 g/mol. The Morgan fingerprint density at radius 1 is 1.14 bits per heavy atom. The number of aromatic nitrogens is 3. The van der Waals surface area contributed by atoms with Crippen molar-refractivity contribution in [2.45, 2.75) is 64.2 Å². The van der Waals surface area contributed by atoms with Gasteiger partial charge in [0.2, 0.25) is 0 Å². The lowest BCUT2D eigenvalue weighted by molar-refractivity contribution is 0.0674. The zero-order chi connectivity index (χ0) is 24.5. The van der Waals surface area contributed by atoms with E-state index in [1.807, 2.05) is 23.1 Å².